The summed E-state index contributed by atoms with van der Waals surface area (Å²) in [6.07, 6.45) is 0. The van der Waals surface area contributed by atoms with Crippen LogP contribution in [0.2, 0.25) is 0 Å². The summed E-state index contributed by atoms with van der Waals surface area (Å²) >= 11 is 0. The molecule has 0 bridgehead atoms. The number of nitrogens with one attached hydrogen (secondary N) is 2. The number of halogens is 1. The van der Waals surface area contributed by atoms with Crippen LogP contribution < -0.4 is 10.6 Å². The molecule has 0 aliphatic rings. The van der Waals surface area contributed by atoms with Crippen molar-refractivity contribution in [2.24, 2.45) is 4.99 Å². The summed E-state index contributed by atoms with van der Waals surface area (Å²) in [6.45, 7) is 1.82. The van der Waals surface area contributed by atoms with E-state index in [0.717, 1.165) is 11.1 Å². The molecule has 0 radical (unpaired) electrons. The molecule has 4 nitrogen and oxygen atoms in total. The van der Waals surface area contributed by atoms with Crippen molar-refractivity contribution in [2.75, 3.05) is 14.2 Å². The minimum Gasteiger partial charge on any atom is -0.380 e. The smallest absolute Gasteiger partial charge is 0.191 e. The van der Waals surface area contributed by atoms with Crippen LogP contribution in [-0.2, 0) is 24.4 Å². The van der Waals surface area contributed by atoms with Crippen molar-refractivity contribution in [1.29, 1.82) is 0 Å². The second kappa shape index (κ2) is 8.90. The summed E-state index contributed by atoms with van der Waals surface area (Å²) in [4.78, 5) is 4.20. The molecule has 0 spiro atoms. The SMILES string of the molecule is CN=C(NCc1ccc(F)cc1)NCc1ccccc1COC. The zero-order chi connectivity index (χ0) is 16.5. The summed E-state index contributed by atoms with van der Waals surface area (Å²) in [5, 5.41) is 6.49. The van der Waals surface area contributed by atoms with Gasteiger partial charge in [-0.05, 0) is 28.8 Å². The van der Waals surface area contributed by atoms with Gasteiger partial charge in [0.15, 0.2) is 5.96 Å². The normalized spacial score (nSPS) is 11.3. The summed E-state index contributed by atoms with van der Waals surface area (Å²) in [5.74, 6) is 0.465. The van der Waals surface area contributed by atoms with E-state index in [0.29, 0.717) is 25.7 Å². The average Bonchev–Trinajstić information content (AvgIpc) is 2.58. The predicted molar refractivity (Wildman–Crippen MR) is 90.6 cm³/mol. The van der Waals surface area contributed by atoms with Gasteiger partial charge in [0.2, 0.25) is 0 Å². The van der Waals surface area contributed by atoms with Crippen molar-refractivity contribution in [3.63, 3.8) is 0 Å². The van der Waals surface area contributed by atoms with E-state index in [2.05, 4.69) is 27.8 Å². The summed E-state index contributed by atoms with van der Waals surface area (Å²) in [7, 11) is 3.41. The first-order valence-corrected chi connectivity index (χ1v) is 7.47. The quantitative estimate of drug-likeness (QED) is 0.636. The molecule has 2 aromatic carbocycles. The van der Waals surface area contributed by atoms with Gasteiger partial charge in [0.05, 0.1) is 6.61 Å². The third kappa shape index (κ3) is 5.38. The van der Waals surface area contributed by atoms with E-state index in [4.69, 9.17) is 4.74 Å². The zero-order valence-corrected chi connectivity index (χ0v) is 13.5. The molecular weight excluding hydrogens is 293 g/mol. The Hall–Kier alpha value is -2.40. The lowest BCUT2D eigenvalue weighted by molar-refractivity contribution is 0.184. The van der Waals surface area contributed by atoms with E-state index in [1.54, 1.807) is 26.3 Å². The zero-order valence-electron chi connectivity index (χ0n) is 13.5. The Kier molecular flexibility index (Phi) is 6.56. The minimum atomic E-state index is -0.231. The molecule has 2 aromatic rings. The summed E-state index contributed by atoms with van der Waals surface area (Å²) in [6, 6.07) is 14.5. The molecule has 0 saturated carbocycles. The summed E-state index contributed by atoms with van der Waals surface area (Å²) in [5.41, 5.74) is 3.31. The van der Waals surface area contributed by atoms with Crippen LogP contribution in [0.25, 0.3) is 0 Å². The van der Waals surface area contributed by atoms with Gasteiger partial charge in [0.25, 0.3) is 0 Å². The average molecular weight is 315 g/mol. The van der Waals surface area contributed by atoms with Crippen LogP contribution in [0.15, 0.2) is 53.5 Å². The molecule has 0 amide bonds. The second-order valence-corrected chi connectivity index (χ2v) is 5.11. The van der Waals surface area contributed by atoms with Gasteiger partial charge in [-0.25, -0.2) is 4.39 Å². The maximum atomic E-state index is 12.9. The van der Waals surface area contributed by atoms with E-state index >= 15 is 0 Å². The topological polar surface area (TPSA) is 45.7 Å². The maximum absolute atomic E-state index is 12.9. The number of rotatable bonds is 6. The highest BCUT2D eigenvalue weighted by molar-refractivity contribution is 5.79. The van der Waals surface area contributed by atoms with E-state index in [1.807, 2.05) is 12.1 Å². The number of hydrogen-bond acceptors (Lipinski definition) is 2. The fourth-order valence-electron chi connectivity index (χ4n) is 2.21. The van der Waals surface area contributed by atoms with Crippen molar-refractivity contribution in [3.05, 3.63) is 71.0 Å². The predicted octanol–water partition coefficient (Wildman–Crippen LogP) is 2.84. The fraction of sp³-hybridized carbons (Fsp3) is 0.278. The van der Waals surface area contributed by atoms with Gasteiger partial charge in [0.1, 0.15) is 5.82 Å². The number of nitrogens with zero attached hydrogens (tertiary/aromatic N) is 1. The molecule has 0 heterocycles. The van der Waals surface area contributed by atoms with E-state index in [1.165, 1.54) is 17.7 Å². The van der Waals surface area contributed by atoms with Crippen molar-refractivity contribution in [2.45, 2.75) is 19.7 Å². The third-order valence-corrected chi connectivity index (χ3v) is 3.46. The maximum Gasteiger partial charge on any atom is 0.191 e. The van der Waals surface area contributed by atoms with Gasteiger partial charge < -0.3 is 15.4 Å². The van der Waals surface area contributed by atoms with Gasteiger partial charge in [-0.2, -0.15) is 0 Å². The number of ether oxygens (including phenoxy) is 1. The van der Waals surface area contributed by atoms with Crippen molar-refractivity contribution in [3.8, 4) is 0 Å². The van der Waals surface area contributed by atoms with Crippen molar-refractivity contribution < 1.29 is 9.13 Å². The van der Waals surface area contributed by atoms with Crippen molar-refractivity contribution in [1.82, 2.24) is 10.6 Å². The first-order chi connectivity index (χ1) is 11.2. The lowest BCUT2D eigenvalue weighted by Crippen LogP contribution is -2.36. The van der Waals surface area contributed by atoms with Crippen LogP contribution in [0.1, 0.15) is 16.7 Å². The van der Waals surface area contributed by atoms with Crippen LogP contribution in [0.4, 0.5) is 4.39 Å². The second-order valence-electron chi connectivity index (χ2n) is 5.11. The number of hydrogen-bond donors (Lipinski definition) is 2. The van der Waals surface area contributed by atoms with Crippen LogP contribution >= 0.6 is 0 Å². The number of aliphatic imine (C=N–C) groups is 1. The standard InChI is InChI=1S/C18H22FN3O/c1-20-18(21-11-14-7-9-17(19)10-8-14)22-12-15-5-3-4-6-16(15)13-23-2/h3-10H,11-13H2,1-2H3,(H2,20,21,22). The van der Waals surface area contributed by atoms with E-state index in [-0.39, 0.29) is 5.82 Å². The van der Waals surface area contributed by atoms with Gasteiger partial charge in [0, 0.05) is 27.2 Å². The van der Waals surface area contributed by atoms with Crippen LogP contribution in [0.5, 0.6) is 0 Å². The Morgan fingerprint density at radius 3 is 2.30 bits per heavy atom. The molecular formula is C18H22FN3O. The molecule has 0 atom stereocenters. The Labute approximate surface area is 136 Å². The molecule has 0 fully saturated rings. The third-order valence-electron chi connectivity index (χ3n) is 3.46. The fourth-order valence-corrected chi connectivity index (χ4v) is 2.21. The Bertz CT molecular complexity index is 641. The number of guanidine groups is 1. The Balaban J connectivity index is 1.89. The minimum absolute atomic E-state index is 0.231. The van der Waals surface area contributed by atoms with Gasteiger partial charge >= 0.3 is 0 Å². The Morgan fingerprint density at radius 2 is 1.65 bits per heavy atom. The lowest BCUT2D eigenvalue weighted by atomic mass is 10.1. The van der Waals surface area contributed by atoms with E-state index in [9.17, 15) is 4.39 Å². The van der Waals surface area contributed by atoms with Crippen LogP contribution in [0, 0.1) is 5.82 Å². The Morgan fingerprint density at radius 1 is 1.00 bits per heavy atom. The highest BCUT2D eigenvalue weighted by Gasteiger charge is 2.03. The molecule has 0 aliphatic carbocycles. The van der Waals surface area contributed by atoms with E-state index < -0.39 is 0 Å². The van der Waals surface area contributed by atoms with Crippen LogP contribution in [-0.4, -0.2) is 20.1 Å². The number of methoxy groups -OCH3 is 1. The largest absolute Gasteiger partial charge is 0.380 e. The monoisotopic (exact) mass is 315 g/mol. The molecule has 23 heavy (non-hydrogen) atoms. The molecule has 5 heteroatoms. The van der Waals surface area contributed by atoms with Gasteiger partial charge in [-0.15, -0.1) is 0 Å². The molecule has 0 aliphatic heterocycles. The molecule has 2 rings (SSSR count). The first kappa shape index (κ1) is 17.0. The van der Waals surface area contributed by atoms with Gasteiger partial charge in [-0.3, -0.25) is 4.99 Å². The highest BCUT2D eigenvalue weighted by atomic mass is 19.1. The molecule has 2 N–H and O–H groups in total. The highest BCUT2D eigenvalue weighted by Crippen LogP contribution is 2.09. The molecule has 0 unspecified atom stereocenters. The van der Waals surface area contributed by atoms with Crippen LogP contribution in [0.3, 0.4) is 0 Å². The number of benzene rings is 2. The molecule has 0 saturated heterocycles. The molecule has 0 aromatic heterocycles. The van der Waals surface area contributed by atoms with Crippen molar-refractivity contribution >= 4 is 5.96 Å². The summed E-state index contributed by atoms with van der Waals surface area (Å²) < 4.78 is 18.1. The first-order valence-electron chi connectivity index (χ1n) is 7.47. The molecule has 122 valence electrons. The van der Waals surface area contributed by atoms with Gasteiger partial charge in [-0.1, -0.05) is 36.4 Å². The lowest BCUT2D eigenvalue weighted by Gasteiger charge is -2.14.